The molecule has 0 aliphatic carbocycles. The summed E-state index contributed by atoms with van der Waals surface area (Å²) in [6.07, 6.45) is 11.7. The molecule has 1 saturated heterocycles. The third kappa shape index (κ3) is 7.18. The van der Waals surface area contributed by atoms with Gasteiger partial charge in [0.05, 0.1) is 11.9 Å². The highest BCUT2D eigenvalue weighted by atomic mass is 16.6. The van der Waals surface area contributed by atoms with Crippen LogP contribution >= 0.6 is 0 Å². The largest absolute Gasteiger partial charge is 0.508 e. The number of aromatic nitrogens is 4. The number of carbonyl (C=O) groups excluding carboxylic acids is 1. The molecule has 1 amide bonds. The van der Waals surface area contributed by atoms with Crippen molar-refractivity contribution < 1.29 is 14.6 Å². The first-order chi connectivity index (χ1) is 16.6. The topological polar surface area (TPSA) is 119 Å². The van der Waals surface area contributed by atoms with Crippen LogP contribution in [0.2, 0.25) is 0 Å². The second-order valence-electron chi connectivity index (χ2n) is 9.77. The van der Waals surface area contributed by atoms with Crippen LogP contribution in [0, 0.1) is 5.92 Å². The Kier molecular flexibility index (Phi) is 8.32. The molecular formula is C26H36N6O3. The Balaban J connectivity index is 1.61. The Morgan fingerprint density at radius 3 is 2.66 bits per heavy atom. The van der Waals surface area contributed by atoms with E-state index in [4.69, 9.17) is 10.5 Å². The molecule has 1 aliphatic heterocycles. The zero-order valence-corrected chi connectivity index (χ0v) is 21.1. The fourth-order valence-corrected chi connectivity index (χ4v) is 3.96. The van der Waals surface area contributed by atoms with Gasteiger partial charge in [-0.05, 0) is 65.0 Å². The van der Waals surface area contributed by atoms with Crippen LogP contribution < -0.4 is 5.73 Å². The van der Waals surface area contributed by atoms with Crippen molar-refractivity contribution in [3.05, 3.63) is 54.7 Å². The highest BCUT2D eigenvalue weighted by Gasteiger charge is 2.26. The number of nitrogen functional groups attached to an aromatic ring is 1. The van der Waals surface area contributed by atoms with Gasteiger partial charge in [-0.15, -0.1) is 10.2 Å². The molecule has 35 heavy (non-hydrogen) atoms. The number of allylic oxidation sites excluding steroid dienone is 4. The fourth-order valence-electron chi connectivity index (χ4n) is 3.96. The number of carbonyl (C=O) groups is 1. The average Bonchev–Trinajstić information content (AvgIpc) is 3.26. The molecule has 3 heterocycles. The van der Waals surface area contributed by atoms with Crippen molar-refractivity contribution in [2.24, 2.45) is 5.92 Å². The number of hydrogen-bond acceptors (Lipinski definition) is 7. The molecule has 0 bridgehead atoms. The Hall–Kier alpha value is -3.62. The lowest BCUT2D eigenvalue weighted by atomic mass is 9.94. The van der Waals surface area contributed by atoms with E-state index >= 15 is 0 Å². The van der Waals surface area contributed by atoms with Gasteiger partial charge in [0, 0.05) is 42.5 Å². The number of ether oxygens (including phenoxy) is 1. The van der Waals surface area contributed by atoms with E-state index in [1.54, 1.807) is 29.3 Å². The van der Waals surface area contributed by atoms with Gasteiger partial charge in [0.15, 0.2) is 5.82 Å². The number of likely N-dealkylation sites (tertiary alicyclic amines) is 1. The molecule has 0 aromatic carbocycles. The Bertz CT molecular complexity index is 1100. The third-order valence-corrected chi connectivity index (χ3v) is 5.84. The maximum absolute atomic E-state index is 12.3. The number of hydrogen-bond donors (Lipinski definition) is 2. The van der Waals surface area contributed by atoms with Crippen molar-refractivity contribution in [1.29, 1.82) is 0 Å². The van der Waals surface area contributed by atoms with E-state index in [2.05, 4.69) is 21.9 Å². The molecule has 188 valence electrons. The zero-order valence-electron chi connectivity index (χ0n) is 21.1. The maximum atomic E-state index is 12.3. The van der Waals surface area contributed by atoms with Crippen molar-refractivity contribution >= 4 is 17.5 Å². The quantitative estimate of drug-likeness (QED) is 0.423. The van der Waals surface area contributed by atoms with E-state index in [0.717, 1.165) is 31.4 Å². The molecule has 0 radical (unpaired) electrons. The van der Waals surface area contributed by atoms with Crippen molar-refractivity contribution in [3.8, 4) is 11.1 Å². The number of piperidine rings is 1. The number of nitrogens with zero attached hydrogens (tertiary/aromatic N) is 5. The maximum Gasteiger partial charge on any atom is 0.410 e. The number of amides is 1. The molecule has 1 aliphatic rings. The van der Waals surface area contributed by atoms with Gasteiger partial charge in [0.2, 0.25) is 0 Å². The number of aryl methyl sites for hydroxylation is 1. The number of rotatable bonds is 7. The van der Waals surface area contributed by atoms with Crippen LogP contribution in [0.4, 0.5) is 10.6 Å². The highest BCUT2D eigenvalue weighted by molar-refractivity contribution is 5.80. The zero-order chi connectivity index (χ0) is 25.6. The van der Waals surface area contributed by atoms with Gasteiger partial charge in [-0.1, -0.05) is 18.7 Å². The molecule has 3 N–H and O–H groups in total. The van der Waals surface area contributed by atoms with Crippen LogP contribution in [0.3, 0.4) is 0 Å². The molecule has 2 aromatic rings. The van der Waals surface area contributed by atoms with E-state index in [0.29, 0.717) is 35.8 Å². The first-order valence-electron chi connectivity index (χ1n) is 11.9. The summed E-state index contributed by atoms with van der Waals surface area (Å²) < 4.78 is 7.38. The molecule has 3 rings (SSSR count). The molecule has 9 nitrogen and oxygen atoms in total. The predicted molar refractivity (Wildman–Crippen MR) is 137 cm³/mol. The summed E-state index contributed by atoms with van der Waals surface area (Å²) in [4.78, 5) is 14.1. The van der Waals surface area contributed by atoms with Crippen LogP contribution in [0.15, 0.2) is 49.0 Å². The van der Waals surface area contributed by atoms with Gasteiger partial charge < -0.3 is 20.5 Å². The minimum atomic E-state index is -0.475. The summed E-state index contributed by atoms with van der Waals surface area (Å²) >= 11 is 0. The van der Waals surface area contributed by atoms with Crippen LogP contribution in [0.25, 0.3) is 16.7 Å². The Labute approximate surface area is 207 Å². The van der Waals surface area contributed by atoms with Crippen molar-refractivity contribution in [1.82, 2.24) is 24.9 Å². The van der Waals surface area contributed by atoms with E-state index < -0.39 is 5.60 Å². The first-order valence-corrected chi connectivity index (χ1v) is 11.9. The fraction of sp³-hybridized carbons (Fsp3) is 0.462. The SMILES string of the molecule is C=C(O)/C(=C\C=C/C)c1cc(-c2cnn(CCC3CCN(C(=O)OC(C)(C)C)CC3)c2)c(N)nn1. The number of anilines is 1. The van der Waals surface area contributed by atoms with E-state index in [-0.39, 0.29) is 17.7 Å². The Morgan fingerprint density at radius 2 is 2.03 bits per heavy atom. The number of aliphatic hydroxyl groups excluding tert-OH is 1. The van der Waals surface area contributed by atoms with Gasteiger partial charge >= 0.3 is 6.09 Å². The Morgan fingerprint density at radius 1 is 1.31 bits per heavy atom. The van der Waals surface area contributed by atoms with Crippen molar-refractivity contribution in [3.63, 3.8) is 0 Å². The molecule has 0 spiro atoms. The highest BCUT2D eigenvalue weighted by Crippen LogP contribution is 2.28. The monoisotopic (exact) mass is 480 g/mol. The summed E-state index contributed by atoms with van der Waals surface area (Å²) in [5, 5.41) is 22.7. The van der Waals surface area contributed by atoms with Crippen LogP contribution in [0.1, 0.15) is 52.7 Å². The van der Waals surface area contributed by atoms with Crippen molar-refractivity contribution in [2.45, 2.75) is 59.1 Å². The summed E-state index contributed by atoms with van der Waals surface area (Å²) in [6, 6.07) is 1.78. The lowest BCUT2D eigenvalue weighted by molar-refractivity contribution is 0.0179. The van der Waals surface area contributed by atoms with Crippen LogP contribution in [0.5, 0.6) is 0 Å². The van der Waals surface area contributed by atoms with E-state index in [1.165, 1.54) is 0 Å². The minimum Gasteiger partial charge on any atom is -0.508 e. The molecule has 0 saturated carbocycles. The smallest absolute Gasteiger partial charge is 0.410 e. The first kappa shape index (κ1) is 26.0. The number of aliphatic hydroxyl groups is 1. The molecule has 0 atom stereocenters. The van der Waals surface area contributed by atoms with Gasteiger partial charge in [-0.25, -0.2) is 4.79 Å². The molecule has 2 aromatic heterocycles. The predicted octanol–water partition coefficient (Wildman–Crippen LogP) is 4.99. The summed E-state index contributed by atoms with van der Waals surface area (Å²) in [6.45, 7) is 13.3. The second kappa shape index (κ2) is 11.2. The summed E-state index contributed by atoms with van der Waals surface area (Å²) in [5.41, 5.74) is 8.10. The van der Waals surface area contributed by atoms with E-state index in [9.17, 15) is 9.90 Å². The normalized spacial score (nSPS) is 15.5. The van der Waals surface area contributed by atoms with Crippen molar-refractivity contribution in [2.75, 3.05) is 18.8 Å². The lowest BCUT2D eigenvalue weighted by Gasteiger charge is -2.33. The standard InChI is InChI=1S/C26H36N6O3/c1-6-7-8-21(18(2)33)23-15-22(24(27)30-29-23)20-16-28-32(17-20)14-11-19-9-12-31(13-10-19)25(34)35-26(3,4)5/h6-8,15-17,19,33H,2,9-14H2,1,3-5H3,(H2,27,30)/b7-6-,21-8+. The van der Waals surface area contributed by atoms with Crippen LogP contribution in [-0.2, 0) is 11.3 Å². The minimum absolute atomic E-state index is 0.0958. The van der Waals surface area contributed by atoms with Crippen LogP contribution in [-0.4, -0.2) is 54.8 Å². The molecular weight excluding hydrogens is 444 g/mol. The summed E-state index contributed by atoms with van der Waals surface area (Å²) in [7, 11) is 0. The molecule has 1 fully saturated rings. The van der Waals surface area contributed by atoms with Gasteiger partial charge in [0.25, 0.3) is 0 Å². The number of nitrogens with two attached hydrogens (primary N) is 1. The molecule has 0 unspecified atom stereocenters. The average molecular weight is 481 g/mol. The molecule has 9 heteroatoms. The van der Waals surface area contributed by atoms with E-state index in [1.807, 2.05) is 44.6 Å². The third-order valence-electron chi connectivity index (χ3n) is 5.84. The summed E-state index contributed by atoms with van der Waals surface area (Å²) in [5.74, 6) is 0.716. The second-order valence-corrected chi connectivity index (χ2v) is 9.77. The lowest BCUT2D eigenvalue weighted by Crippen LogP contribution is -2.41. The van der Waals surface area contributed by atoms with Gasteiger partial charge in [-0.2, -0.15) is 5.10 Å². The van der Waals surface area contributed by atoms with Gasteiger partial charge in [0.1, 0.15) is 11.4 Å². The van der Waals surface area contributed by atoms with Gasteiger partial charge in [-0.3, -0.25) is 4.68 Å².